The molecule has 0 aliphatic carbocycles. The molecule has 0 amide bonds. The highest BCUT2D eigenvalue weighted by atomic mass is 35.5. The van der Waals surface area contributed by atoms with E-state index in [-0.39, 0.29) is 5.75 Å². The van der Waals surface area contributed by atoms with Crippen molar-refractivity contribution in [3.8, 4) is 16.9 Å². The molecule has 0 aliphatic heterocycles. The predicted molar refractivity (Wildman–Crippen MR) is 57.4 cm³/mol. The monoisotopic (exact) mass is 203 g/mol. The van der Waals surface area contributed by atoms with Crippen LogP contribution >= 0.6 is 11.6 Å². The normalized spacial score (nSPS) is 10.1. The summed E-state index contributed by atoms with van der Waals surface area (Å²) in [5, 5.41) is 9.95. The Balaban J connectivity index is 2.55. The summed E-state index contributed by atoms with van der Waals surface area (Å²) in [4.78, 5) is 0. The molecule has 0 saturated carbocycles. The first-order chi connectivity index (χ1) is 6.77. The molecule has 0 unspecified atom stereocenters. The lowest BCUT2D eigenvalue weighted by Gasteiger charge is -2.03. The van der Waals surface area contributed by atoms with Gasteiger partial charge in [0.15, 0.2) is 0 Å². The topological polar surface area (TPSA) is 20.2 Å². The maximum absolute atomic E-state index is 9.31. The molecule has 14 heavy (non-hydrogen) atoms. The average molecular weight is 204 g/mol. The van der Waals surface area contributed by atoms with Crippen LogP contribution in [0.25, 0.3) is 11.1 Å². The number of hydrogen-bond acceptors (Lipinski definition) is 1. The molecule has 0 aromatic heterocycles. The van der Waals surface area contributed by atoms with Gasteiger partial charge in [0, 0.05) is 10.6 Å². The van der Waals surface area contributed by atoms with Crippen molar-refractivity contribution in [2.24, 2.45) is 0 Å². The third kappa shape index (κ3) is 1.73. The Labute approximate surface area is 87.6 Å². The SMILES string of the molecule is Oc1cccc(-c2[c]cccc2Cl)c1. The Hall–Kier alpha value is -1.47. The Kier molecular flexibility index (Phi) is 2.42. The van der Waals surface area contributed by atoms with E-state index in [9.17, 15) is 5.11 Å². The van der Waals surface area contributed by atoms with E-state index in [0.29, 0.717) is 5.02 Å². The van der Waals surface area contributed by atoms with Crippen LogP contribution in [-0.2, 0) is 0 Å². The van der Waals surface area contributed by atoms with Gasteiger partial charge in [-0.3, -0.25) is 0 Å². The first kappa shape index (κ1) is 9.10. The van der Waals surface area contributed by atoms with Gasteiger partial charge in [-0.05, 0) is 29.8 Å². The summed E-state index contributed by atoms with van der Waals surface area (Å²) in [6.45, 7) is 0. The molecule has 2 heteroatoms. The van der Waals surface area contributed by atoms with E-state index in [1.807, 2.05) is 12.1 Å². The standard InChI is InChI=1S/C12H8ClO/c13-12-7-2-1-6-11(12)9-4-3-5-10(14)8-9/h1-5,7-8,14H. The highest BCUT2D eigenvalue weighted by Crippen LogP contribution is 2.28. The van der Waals surface area contributed by atoms with Crippen molar-refractivity contribution in [2.75, 3.05) is 0 Å². The summed E-state index contributed by atoms with van der Waals surface area (Å²) in [5.41, 5.74) is 1.68. The molecule has 1 radical (unpaired) electrons. The van der Waals surface area contributed by atoms with Gasteiger partial charge in [0.05, 0.1) is 0 Å². The number of rotatable bonds is 1. The fourth-order valence-corrected chi connectivity index (χ4v) is 1.54. The highest BCUT2D eigenvalue weighted by molar-refractivity contribution is 6.33. The van der Waals surface area contributed by atoms with E-state index >= 15 is 0 Å². The molecule has 2 aromatic rings. The second-order valence-corrected chi connectivity index (χ2v) is 3.35. The molecule has 0 fully saturated rings. The minimum absolute atomic E-state index is 0.232. The minimum Gasteiger partial charge on any atom is -0.508 e. The number of halogens is 1. The molecule has 1 nitrogen and oxygen atoms in total. The van der Waals surface area contributed by atoms with Gasteiger partial charge in [0.1, 0.15) is 5.75 Å². The molecule has 0 aliphatic rings. The van der Waals surface area contributed by atoms with Crippen molar-refractivity contribution < 1.29 is 5.11 Å². The summed E-state index contributed by atoms with van der Waals surface area (Å²) >= 11 is 6.00. The maximum Gasteiger partial charge on any atom is 0.116 e. The van der Waals surface area contributed by atoms with Crippen molar-refractivity contribution in [3.63, 3.8) is 0 Å². The van der Waals surface area contributed by atoms with Gasteiger partial charge in [-0.2, -0.15) is 0 Å². The number of phenolic OH excluding ortho intramolecular Hbond substituents is 1. The van der Waals surface area contributed by atoms with Crippen LogP contribution in [0, 0.1) is 6.07 Å². The molecular weight excluding hydrogens is 196 g/mol. The Morgan fingerprint density at radius 3 is 2.71 bits per heavy atom. The Morgan fingerprint density at radius 2 is 2.00 bits per heavy atom. The van der Waals surface area contributed by atoms with Gasteiger partial charge in [0.2, 0.25) is 0 Å². The number of phenols is 1. The minimum atomic E-state index is 0.232. The zero-order valence-electron chi connectivity index (χ0n) is 7.37. The van der Waals surface area contributed by atoms with Crippen LogP contribution in [0.4, 0.5) is 0 Å². The van der Waals surface area contributed by atoms with E-state index in [1.54, 1.807) is 30.3 Å². The third-order valence-electron chi connectivity index (χ3n) is 1.94. The molecule has 2 rings (SSSR count). The quantitative estimate of drug-likeness (QED) is 0.752. The number of hydrogen-bond donors (Lipinski definition) is 1. The molecule has 0 atom stereocenters. The smallest absolute Gasteiger partial charge is 0.116 e. The largest absolute Gasteiger partial charge is 0.508 e. The van der Waals surface area contributed by atoms with Gasteiger partial charge >= 0.3 is 0 Å². The van der Waals surface area contributed by atoms with Crippen molar-refractivity contribution in [2.45, 2.75) is 0 Å². The van der Waals surface area contributed by atoms with Crippen LogP contribution in [0.2, 0.25) is 5.02 Å². The lowest BCUT2D eigenvalue weighted by molar-refractivity contribution is 0.475. The molecule has 0 saturated heterocycles. The second-order valence-electron chi connectivity index (χ2n) is 2.94. The summed E-state index contributed by atoms with van der Waals surface area (Å²) < 4.78 is 0. The Morgan fingerprint density at radius 1 is 1.14 bits per heavy atom. The average Bonchev–Trinajstić information content (AvgIpc) is 2.18. The van der Waals surface area contributed by atoms with Crippen molar-refractivity contribution in [1.82, 2.24) is 0 Å². The second kappa shape index (κ2) is 3.72. The zero-order chi connectivity index (χ0) is 9.97. The van der Waals surface area contributed by atoms with Crippen LogP contribution < -0.4 is 0 Å². The number of benzene rings is 2. The van der Waals surface area contributed by atoms with Crippen LogP contribution in [0.3, 0.4) is 0 Å². The van der Waals surface area contributed by atoms with Crippen molar-refractivity contribution in [1.29, 1.82) is 0 Å². The van der Waals surface area contributed by atoms with E-state index in [2.05, 4.69) is 6.07 Å². The predicted octanol–water partition coefficient (Wildman–Crippen LogP) is 3.51. The molecule has 0 bridgehead atoms. The van der Waals surface area contributed by atoms with Crippen LogP contribution in [0.15, 0.2) is 42.5 Å². The van der Waals surface area contributed by atoms with Crippen LogP contribution in [0.1, 0.15) is 0 Å². The maximum atomic E-state index is 9.31. The van der Waals surface area contributed by atoms with Crippen molar-refractivity contribution >= 4 is 11.6 Å². The van der Waals surface area contributed by atoms with Crippen molar-refractivity contribution in [3.05, 3.63) is 53.6 Å². The molecule has 1 N–H and O–H groups in total. The molecule has 2 aromatic carbocycles. The fourth-order valence-electron chi connectivity index (χ4n) is 1.30. The van der Waals surface area contributed by atoms with Crippen LogP contribution in [-0.4, -0.2) is 5.11 Å². The zero-order valence-corrected chi connectivity index (χ0v) is 8.12. The van der Waals surface area contributed by atoms with E-state index in [1.165, 1.54) is 0 Å². The third-order valence-corrected chi connectivity index (χ3v) is 2.26. The van der Waals surface area contributed by atoms with Gasteiger partial charge in [-0.1, -0.05) is 35.9 Å². The Bertz CT molecular complexity index is 452. The first-order valence-corrected chi connectivity index (χ1v) is 4.61. The number of aromatic hydroxyl groups is 1. The summed E-state index contributed by atoms with van der Waals surface area (Å²) in [7, 11) is 0. The first-order valence-electron chi connectivity index (χ1n) is 4.23. The van der Waals surface area contributed by atoms with Crippen LogP contribution in [0.5, 0.6) is 5.75 Å². The summed E-state index contributed by atoms with van der Waals surface area (Å²) in [5.74, 6) is 0.232. The van der Waals surface area contributed by atoms with Gasteiger partial charge in [-0.15, -0.1) is 0 Å². The summed E-state index contributed by atoms with van der Waals surface area (Å²) in [6.07, 6.45) is 0. The van der Waals surface area contributed by atoms with E-state index in [4.69, 9.17) is 11.6 Å². The van der Waals surface area contributed by atoms with Gasteiger partial charge in [-0.25, -0.2) is 0 Å². The molecule has 69 valence electrons. The van der Waals surface area contributed by atoms with E-state index < -0.39 is 0 Å². The molecule has 0 spiro atoms. The lowest BCUT2D eigenvalue weighted by Crippen LogP contribution is -1.78. The highest BCUT2D eigenvalue weighted by Gasteiger charge is 2.02. The van der Waals surface area contributed by atoms with Gasteiger partial charge in [0.25, 0.3) is 0 Å². The fraction of sp³-hybridized carbons (Fsp3) is 0. The van der Waals surface area contributed by atoms with Gasteiger partial charge < -0.3 is 5.11 Å². The lowest BCUT2D eigenvalue weighted by atomic mass is 10.1. The molecule has 0 heterocycles. The summed E-state index contributed by atoms with van der Waals surface area (Å²) in [6, 6.07) is 15.4. The molecular formula is C12H8ClO. The van der Waals surface area contributed by atoms with E-state index in [0.717, 1.165) is 11.1 Å².